The molecule has 0 saturated carbocycles. The molecule has 0 fully saturated rings. The molecule has 2 aromatic heterocycles. The monoisotopic (exact) mass is 757 g/mol. The number of ether oxygens (including phenoxy) is 1. The minimum absolute atomic E-state index is 0.167. The van der Waals surface area contributed by atoms with E-state index in [4.69, 9.17) is 9.15 Å². The molecule has 2 heterocycles. The van der Waals surface area contributed by atoms with Gasteiger partial charge in [0.1, 0.15) is 5.58 Å². The molecule has 0 saturated heterocycles. The van der Waals surface area contributed by atoms with Crippen LogP contribution in [0.1, 0.15) is 33.4 Å². The van der Waals surface area contributed by atoms with Crippen LogP contribution in [0.3, 0.4) is 0 Å². The Morgan fingerprint density at radius 2 is 1.61 bits per heavy atom. The molecule has 0 radical (unpaired) electrons. The molecule has 218 valence electrons. The minimum Gasteiger partial charge on any atom is -0.462 e. The van der Waals surface area contributed by atoms with Gasteiger partial charge in [-0.15, -0.1) is 0 Å². The number of hydrazone groups is 1. The highest BCUT2D eigenvalue weighted by Crippen LogP contribution is 2.35. The number of nitrogens with one attached hydrogen (secondary N) is 1. The minimum atomic E-state index is -0.456. The van der Waals surface area contributed by atoms with E-state index in [1.54, 1.807) is 31.3 Å². The van der Waals surface area contributed by atoms with Gasteiger partial charge in [0, 0.05) is 21.1 Å². The second-order valence-corrected chi connectivity index (χ2v) is 11.9. The number of furan rings is 1. The first-order chi connectivity index (χ1) is 21.4. The quantitative estimate of drug-likeness (QED) is 0.0728. The molecule has 0 spiro atoms. The Hall–Kier alpha value is -4.48. The lowest BCUT2D eigenvalue weighted by Crippen LogP contribution is -2.16. The summed E-state index contributed by atoms with van der Waals surface area (Å²) in [5.74, 6) is -0.655. The Balaban J connectivity index is 1.42. The SMILES string of the molecule is CCOC(=O)c1ccc(-n2c(-c3ccccc3)cc(/C=N/NC(=O)c3cc4cc(Br)cc(I)c4o3)c2-c2ccccc2)cc1. The molecule has 6 aromatic rings. The fourth-order valence-corrected chi connectivity index (χ4v) is 6.63. The molecular weight excluding hydrogens is 733 g/mol. The highest BCUT2D eigenvalue weighted by molar-refractivity contribution is 14.1. The van der Waals surface area contributed by atoms with E-state index < -0.39 is 5.91 Å². The van der Waals surface area contributed by atoms with Crippen LogP contribution in [0.15, 0.2) is 123 Å². The number of esters is 1. The average molecular weight is 758 g/mol. The van der Waals surface area contributed by atoms with Crippen molar-refractivity contribution in [3.8, 4) is 28.2 Å². The van der Waals surface area contributed by atoms with Crippen LogP contribution >= 0.6 is 38.5 Å². The fraction of sp³-hybridized carbons (Fsp3) is 0.0571. The van der Waals surface area contributed by atoms with E-state index in [0.29, 0.717) is 17.8 Å². The summed E-state index contributed by atoms with van der Waals surface area (Å²) in [5, 5.41) is 5.17. The van der Waals surface area contributed by atoms with Crippen LogP contribution in [0.25, 0.3) is 39.2 Å². The predicted molar refractivity (Wildman–Crippen MR) is 184 cm³/mol. The zero-order chi connectivity index (χ0) is 30.6. The number of carbonyl (C=O) groups excluding carboxylic acids is 2. The van der Waals surface area contributed by atoms with E-state index in [-0.39, 0.29) is 11.7 Å². The standard InChI is InChI=1S/C35H25BrIN3O4/c1-2-43-35(42)24-13-15-28(16-14-24)40-30(22-9-5-3-6-10-22)18-26(32(40)23-11-7-4-8-12-23)21-38-39-34(41)31-19-25-17-27(36)20-29(37)33(25)44-31/h3-21H,2H2,1H3,(H,39,41)/b38-21+. The van der Waals surface area contributed by atoms with Crippen molar-refractivity contribution in [2.45, 2.75) is 6.92 Å². The highest BCUT2D eigenvalue weighted by Gasteiger charge is 2.20. The molecular formula is C35H25BrIN3O4. The number of benzene rings is 4. The smallest absolute Gasteiger partial charge is 0.338 e. The van der Waals surface area contributed by atoms with Gasteiger partial charge in [0.05, 0.1) is 33.3 Å². The average Bonchev–Trinajstić information content (AvgIpc) is 3.65. The topological polar surface area (TPSA) is 85.8 Å². The number of halogens is 2. The third-order valence-electron chi connectivity index (χ3n) is 6.91. The lowest BCUT2D eigenvalue weighted by molar-refractivity contribution is 0.0526. The van der Waals surface area contributed by atoms with Gasteiger partial charge in [-0.25, -0.2) is 10.2 Å². The molecule has 0 bridgehead atoms. The predicted octanol–water partition coefficient (Wildman–Crippen LogP) is 8.87. The van der Waals surface area contributed by atoms with Crippen molar-refractivity contribution in [1.29, 1.82) is 0 Å². The number of hydrogen-bond donors (Lipinski definition) is 1. The largest absolute Gasteiger partial charge is 0.462 e. The van der Waals surface area contributed by atoms with Crippen molar-refractivity contribution in [2.75, 3.05) is 6.61 Å². The molecule has 7 nitrogen and oxygen atoms in total. The van der Waals surface area contributed by atoms with Crippen LogP contribution in [0.4, 0.5) is 0 Å². The van der Waals surface area contributed by atoms with Crippen molar-refractivity contribution < 1.29 is 18.7 Å². The zero-order valence-corrected chi connectivity index (χ0v) is 27.2. The number of nitrogens with zero attached hydrogens (tertiary/aromatic N) is 2. The number of fused-ring (bicyclic) bond motifs is 1. The van der Waals surface area contributed by atoms with Gasteiger partial charge in [-0.3, -0.25) is 4.79 Å². The van der Waals surface area contributed by atoms with Gasteiger partial charge in [0.2, 0.25) is 0 Å². The second kappa shape index (κ2) is 13.0. The number of carbonyl (C=O) groups is 2. The fourth-order valence-electron chi connectivity index (χ4n) is 4.97. The van der Waals surface area contributed by atoms with E-state index in [0.717, 1.165) is 47.2 Å². The Labute approximate surface area is 275 Å². The Kier molecular flexibility index (Phi) is 8.76. The molecule has 0 atom stereocenters. The van der Waals surface area contributed by atoms with Gasteiger partial charge in [-0.1, -0.05) is 76.6 Å². The van der Waals surface area contributed by atoms with Crippen LogP contribution in [0.5, 0.6) is 0 Å². The van der Waals surface area contributed by atoms with Gasteiger partial charge in [-0.05, 0) is 89.2 Å². The lowest BCUT2D eigenvalue weighted by atomic mass is 10.1. The van der Waals surface area contributed by atoms with Crippen molar-refractivity contribution in [3.05, 3.63) is 134 Å². The van der Waals surface area contributed by atoms with Crippen LogP contribution < -0.4 is 5.43 Å². The molecule has 0 aliphatic heterocycles. The van der Waals surface area contributed by atoms with Gasteiger partial charge in [0.25, 0.3) is 0 Å². The van der Waals surface area contributed by atoms with Crippen molar-refractivity contribution >= 4 is 67.6 Å². The normalized spacial score (nSPS) is 11.2. The van der Waals surface area contributed by atoms with Crippen molar-refractivity contribution in [2.24, 2.45) is 5.10 Å². The first-order valence-corrected chi connectivity index (χ1v) is 15.7. The Morgan fingerprint density at radius 1 is 0.932 bits per heavy atom. The second-order valence-electron chi connectivity index (χ2n) is 9.78. The lowest BCUT2D eigenvalue weighted by Gasteiger charge is -2.15. The van der Waals surface area contributed by atoms with E-state index in [1.165, 1.54) is 0 Å². The summed E-state index contributed by atoms with van der Waals surface area (Å²) in [4.78, 5) is 25.4. The summed E-state index contributed by atoms with van der Waals surface area (Å²) >= 11 is 5.67. The van der Waals surface area contributed by atoms with Crippen LogP contribution in [0, 0.1) is 3.57 Å². The molecule has 0 unspecified atom stereocenters. The van der Waals surface area contributed by atoms with E-state index in [9.17, 15) is 9.59 Å². The summed E-state index contributed by atoms with van der Waals surface area (Å²) in [5.41, 5.74) is 9.11. The summed E-state index contributed by atoms with van der Waals surface area (Å²) in [7, 11) is 0. The van der Waals surface area contributed by atoms with Gasteiger partial charge < -0.3 is 13.7 Å². The number of amides is 1. The van der Waals surface area contributed by atoms with Crippen LogP contribution in [0.2, 0.25) is 0 Å². The maximum Gasteiger partial charge on any atom is 0.338 e. The van der Waals surface area contributed by atoms with Crippen LogP contribution in [-0.4, -0.2) is 29.3 Å². The molecule has 4 aromatic carbocycles. The molecule has 6 rings (SSSR count). The maximum atomic E-state index is 13.0. The number of rotatable bonds is 8. The number of aromatic nitrogens is 1. The summed E-state index contributed by atoms with van der Waals surface area (Å²) < 4.78 is 14.9. The first-order valence-electron chi connectivity index (χ1n) is 13.8. The van der Waals surface area contributed by atoms with Gasteiger partial charge in [0.15, 0.2) is 5.76 Å². The summed E-state index contributed by atoms with van der Waals surface area (Å²) in [6.07, 6.45) is 1.64. The zero-order valence-electron chi connectivity index (χ0n) is 23.5. The molecule has 9 heteroatoms. The van der Waals surface area contributed by atoms with E-state index >= 15 is 0 Å². The summed E-state index contributed by atoms with van der Waals surface area (Å²) in [6.45, 7) is 2.09. The third-order valence-corrected chi connectivity index (χ3v) is 8.17. The maximum absolute atomic E-state index is 13.0. The van der Waals surface area contributed by atoms with Crippen molar-refractivity contribution in [3.63, 3.8) is 0 Å². The van der Waals surface area contributed by atoms with Crippen molar-refractivity contribution in [1.82, 2.24) is 9.99 Å². The van der Waals surface area contributed by atoms with Gasteiger partial charge in [-0.2, -0.15) is 5.10 Å². The first kappa shape index (κ1) is 29.6. The number of hydrogen-bond acceptors (Lipinski definition) is 5. The highest BCUT2D eigenvalue weighted by atomic mass is 127. The third kappa shape index (κ3) is 6.11. The molecule has 44 heavy (non-hydrogen) atoms. The van der Waals surface area contributed by atoms with Gasteiger partial charge >= 0.3 is 11.9 Å². The molecule has 1 amide bonds. The molecule has 0 aliphatic rings. The Bertz CT molecular complexity index is 2000. The molecule has 0 aliphatic carbocycles. The Morgan fingerprint density at radius 3 is 2.30 bits per heavy atom. The molecule has 1 N–H and O–H groups in total. The van der Waals surface area contributed by atoms with E-state index in [1.807, 2.05) is 91.0 Å². The summed E-state index contributed by atoms with van der Waals surface area (Å²) in [6, 6.07) is 34.9. The van der Waals surface area contributed by atoms with E-state index in [2.05, 4.69) is 53.6 Å². The van der Waals surface area contributed by atoms with Crippen LogP contribution in [-0.2, 0) is 4.74 Å².